The van der Waals surface area contributed by atoms with Crippen molar-refractivity contribution >= 4 is 23.1 Å². The van der Waals surface area contributed by atoms with Crippen LogP contribution in [0.2, 0.25) is 0 Å². The van der Waals surface area contributed by atoms with Crippen molar-refractivity contribution in [2.75, 3.05) is 4.90 Å². The normalized spacial score (nSPS) is 12.8. The summed E-state index contributed by atoms with van der Waals surface area (Å²) in [5.41, 5.74) is 28.6. The van der Waals surface area contributed by atoms with E-state index in [1.165, 1.54) is 111 Å². The third kappa shape index (κ3) is 9.19. The monoisotopic (exact) mass is 1130 g/mol. The molecule has 0 aromatic heterocycles. The second kappa shape index (κ2) is 22.3. The van der Waals surface area contributed by atoms with E-state index < -0.39 is 10.8 Å². The Bertz CT molecular complexity index is 4450. The first-order valence-electron chi connectivity index (χ1n) is 30.4. The zero-order valence-corrected chi connectivity index (χ0v) is 49.4. The van der Waals surface area contributed by atoms with Gasteiger partial charge in [0.1, 0.15) is 17.7 Å². The Kier molecular flexibility index (Phi) is 13.6. The molecular weight excluding hydrogens is 1070 g/mol. The molecule has 0 bridgehead atoms. The molecular formula is C86H59N3. The van der Waals surface area contributed by atoms with Crippen LogP contribution in [-0.4, -0.2) is 0 Å². The first-order chi connectivity index (χ1) is 43.8. The quantitative estimate of drug-likeness (QED) is 0.115. The van der Waals surface area contributed by atoms with Crippen LogP contribution in [0.5, 0.6) is 0 Å². The summed E-state index contributed by atoms with van der Waals surface area (Å²) in [4.78, 5) is 2.32. The topological polar surface area (TPSA) is 50.8 Å². The number of hydrogen-bond donors (Lipinski definition) is 0. The number of nitriles is 2. The smallest absolute Gasteiger partial charge is 0.130 e. The van der Waals surface area contributed by atoms with Gasteiger partial charge in [-0.3, -0.25) is 0 Å². The fraction of sp³-hybridized carbons (Fsp3) is 0.0465. The van der Waals surface area contributed by atoms with Gasteiger partial charge >= 0.3 is 0 Å². The van der Waals surface area contributed by atoms with Crippen molar-refractivity contribution in [3.63, 3.8) is 0 Å². The van der Waals surface area contributed by atoms with Crippen LogP contribution in [0.15, 0.2) is 321 Å². The summed E-state index contributed by atoms with van der Waals surface area (Å²) in [6.45, 7) is 4.33. The summed E-state index contributed by atoms with van der Waals surface area (Å²) in [6.07, 6.45) is 1.64. The van der Waals surface area contributed by atoms with Crippen molar-refractivity contribution in [1.29, 1.82) is 10.5 Å². The highest BCUT2D eigenvalue weighted by molar-refractivity contribution is 5.93. The molecule has 0 radical (unpaired) electrons. The van der Waals surface area contributed by atoms with E-state index in [2.05, 4.69) is 322 Å². The molecule has 0 saturated carbocycles. The van der Waals surface area contributed by atoms with Crippen LogP contribution in [0.3, 0.4) is 0 Å². The van der Waals surface area contributed by atoms with Crippen molar-refractivity contribution in [1.82, 2.24) is 0 Å². The highest BCUT2D eigenvalue weighted by Gasteiger charge is 2.48. The van der Waals surface area contributed by atoms with Gasteiger partial charge < -0.3 is 4.90 Å². The SMILES string of the molecule is Cc1ccc(C2(c3ccc(N(c4ccc(C=C(C#N)C#N)cc4)c4ccc(C5(c6ccc(C)cc6)c6cc(-c7ccccc7)ccc6-c6ccc(-c7ccccc7)cc65)cc4)cc3)c3cc(-c4ccccc4)ccc3-c3ccc(-c4ccccc4)cc32)cc1. The van der Waals surface area contributed by atoms with Gasteiger partial charge in [0.2, 0.25) is 0 Å². The van der Waals surface area contributed by atoms with Crippen molar-refractivity contribution in [2.45, 2.75) is 24.7 Å². The predicted molar refractivity (Wildman–Crippen MR) is 366 cm³/mol. The Morgan fingerprint density at radius 3 is 0.820 bits per heavy atom. The Labute approximate surface area is 521 Å². The van der Waals surface area contributed by atoms with Gasteiger partial charge in [0.25, 0.3) is 0 Å². The standard InChI is InChI=1S/C86H59N3/c1-58-23-33-70(34-24-58)85(81-52-66(62-15-7-3-8-16-62)29-47-77(81)78-48-30-67(53-82(78)85)63-17-9-4-10-18-63)72-37-43-75(44-38-72)89(74-41-27-60(28-42-74)51-61(56-87)57-88)76-45-39-73(40-46-76)86(71-35-25-59(2)26-36-71)83-54-68(64-19-11-5-12-20-64)31-49-79(83)80-50-32-69(55-84(80)86)65-21-13-6-14-22-65/h3-55H,1-2H3. The first-order valence-corrected chi connectivity index (χ1v) is 30.4. The lowest BCUT2D eigenvalue weighted by molar-refractivity contribution is 0.768. The van der Waals surface area contributed by atoms with E-state index in [0.29, 0.717) is 0 Å². The summed E-state index contributed by atoms with van der Waals surface area (Å²) in [7, 11) is 0. The van der Waals surface area contributed by atoms with E-state index in [1.54, 1.807) is 6.08 Å². The number of rotatable bonds is 12. The van der Waals surface area contributed by atoms with Crippen LogP contribution < -0.4 is 4.90 Å². The summed E-state index contributed by atoms with van der Waals surface area (Å²) >= 11 is 0. The molecule has 0 fully saturated rings. The lowest BCUT2D eigenvalue weighted by Crippen LogP contribution is -2.29. The number of anilines is 3. The highest BCUT2D eigenvalue weighted by atomic mass is 15.1. The molecule has 0 amide bonds. The molecule has 3 nitrogen and oxygen atoms in total. The lowest BCUT2D eigenvalue weighted by atomic mass is 9.67. The Hall–Kier alpha value is -11.6. The zero-order valence-electron chi connectivity index (χ0n) is 49.4. The number of benzene rings is 13. The molecule has 0 heterocycles. The van der Waals surface area contributed by atoms with Crippen molar-refractivity contribution in [2.24, 2.45) is 0 Å². The Balaban J connectivity index is 0.932. The molecule has 2 aliphatic rings. The van der Waals surface area contributed by atoms with Crippen LogP contribution in [0.4, 0.5) is 17.1 Å². The van der Waals surface area contributed by atoms with E-state index in [1.807, 2.05) is 24.3 Å². The minimum atomic E-state index is -0.703. The van der Waals surface area contributed by atoms with Crippen molar-refractivity contribution < 1.29 is 0 Å². The molecule has 0 aliphatic heterocycles. The van der Waals surface area contributed by atoms with Crippen molar-refractivity contribution in [3.05, 3.63) is 382 Å². The molecule has 2 aliphatic carbocycles. The Morgan fingerprint density at radius 2 is 0.551 bits per heavy atom. The summed E-state index contributed by atoms with van der Waals surface area (Å²) in [6, 6.07) is 120. The molecule has 0 spiro atoms. The minimum Gasteiger partial charge on any atom is -0.311 e. The van der Waals surface area contributed by atoms with E-state index in [-0.39, 0.29) is 5.57 Å². The van der Waals surface area contributed by atoms with Gasteiger partial charge in [0.05, 0.1) is 10.8 Å². The zero-order chi connectivity index (χ0) is 60.1. The molecule has 89 heavy (non-hydrogen) atoms. The largest absolute Gasteiger partial charge is 0.311 e. The van der Waals surface area contributed by atoms with Gasteiger partial charge in [0.15, 0.2) is 0 Å². The van der Waals surface area contributed by atoms with Gasteiger partial charge in [-0.25, -0.2) is 0 Å². The lowest BCUT2D eigenvalue weighted by Gasteiger charge is -2.36. The molecule has 3 heteroatoms. The predicted octanol–water partition coefficient (Wildman–Crippen LogP) is 21.6. The van der Waals surface area contributed by atoms with E-state index >= 15 is 0 Å². The van der Waals surface area contributed by atoms with E-state index in [9.17, 15) is 10.5 Å². The number of allylic oxidation sites excluding steroid dienone is 1. The average Bonchev–Trinajstić information content (AvgIpc) is 1.57. The number of hydrogen-bond acceptors (Lipinski definition) is 3. The summed E-state index contributed by atoms with van der Waals surface area (Å²) in [5.74, 6) is 0. The number of nitrogens with zero attached hydrogens (tertiary/aromatic N) is 3. The summed E-state index contributed by atoms with van der Waals surface area (Å²) in [5, 5.41) is 19.5. The number of fused-ring (bicyclic) bond motifs is 6. The third-order valence-corrected chi connectivity index (χ3v) is 18.5. The van der Waals surface area contributed by atoms with Gasteiger partial charge in [-0.1, -0.05) is 266 Å². The molecule has 0 saturated heterocycles. The fourth-order valence-electron chi connectivity index (χ4n) is 14.2. The molecule has 0 unspecified atom stereocenters. The van der Waals surface area contributed by atoms with Crippen LogP contribution in [0.1, 0.15) is 61.2 Å². The van der Waals surface area contributed by atoms with Crippen molar-refractivity contribution in [3.8, 4) is 78.9 Å². The van der Waals surface area contributed by atoms with Crippen LogP contribution in [0, 0.1) is 36.5 Å². The molecule has 15 rings (SSSR count). The fourth-order valence-corrected chi connectivity index (χ4v) is 14.2. The average molecular weight is 1130 g/mol. The molecule has 418 valence electrons. The molecule has 0 N–H and O–H groups in total. The van der Waals surface area contributed by atoms with Gasteiger partial charge in [0, 0.05) is 17.1 Å². The van der Waals surface area contributed by atoms with E-state index in [0.717, 1.165) is 33.8 Å². The Morgan fingerprint density at radius 1 is 0.292 bits per heavy atom. The second-order valence-corrected chi connectivity index (χ2v) is 23.5. The second-order valence-electron chi connectivity index (χ2n) is 23.5. The first kappa shape index (κ1) is 54.1. The third-order valence-electron chi connectivity index (χ3n) is 18.5. The highest BCUT2D eigenvalue weighted by Crippen LogP contribution is 2.60. The minimum absolute atomic E-state index is 0.0504. The van der Waals surface area contributed by atoms with E-state index in [4.69, 9.17) is 0 Å². The maximum absolute atomic E-state index is 9.77. The molecule has 13 aromatic carbocycles. The van der Waals surface area contributed by atoms with Crippen LogP contribution in [-0.2, 0) is 10.8 Å². The van der Waals surface area contributed by atoms with Crippen LogP contribution >= 0.6 is 0 Å². The van der Waals surface area contributed by atoms with Crippen LogP contribution in [0.25, 0.3) is 72.8 Å². The maximum atomic E-state index is 9.77. The maximum Gasteiger partial charge on any atom is 0.130 e. The summed E-state index contributed by atoms with van der Waals surface area (Å²) < 4.78 is 0. The van der Waals surface area contributed by atoms with Gasteiger partial charge in [-0.05, 0) is 197 Å². The molecule has 13 aromatic rings. The number of aryl methyl sites for hydroxylation is 2. The molecule has 0 atom stereocenters. The van der Waals surface area contributed by atoms with Gasteiger partial charge in [-0.2, -0.15) is 10.5 Å². The van der Waals surface area contributed by atoms with Gasteiger partial charge in [-0.15, -0.1) is 0 Å².